The fraction of sp³-hybridized carbons (Fsp3) is 0.368. The minimum Gasteiger partial charge on any atom is -0.376 e. The maximum atomic E-state index is 5.88. The number of ether oxygens (including phenoxy) is 1. The molecule has 2 aromatic rings. The monoisotopic (exact) mass is 281 g/mol. The summed E-state index contributed by atoms with van der Waals surface area (Å²) in [6.07, 6.45) is 1.25. The SMILES string of the molecule is c1ccc(COC[C@H]2CCN(Cc3ccccc3)C2)cc1. The van der Waals surface area contributed by atoms with E-state index in [4.69, 9.17) is 4.74 Å². The molecule has 0 bridgehead atoms. The average molecular weight is 281 g/mol. The second kappa shape index (κ2) is 7.39. The predicted molar refractivity (Wildman–Crippen MR) is 85.9 cm³/mol. The van der Waals surface area contributed by atoms with Gasteiger partial charge in [-0.1, -0.05) is 60.7 Å². The molecule has 0 saturated carbocycles. The lowest BCUT2D eigenvalue weighted by Gasteiger charge is -2.16. The maximum Gasteiger partial charge on any atom is 0.0717 e. The Labute approximate surface area is 127 Å². The molecule has 1 aliphatic rings. The predicted octanol–water partition coefficient (Wildman–Crippen LogP) is 3.73. The fourth-order valence-electron chi connectivity index (χ4n) is 2.95. The van der Waals surface area contributed by atoms with Crippen LogP contribution in [-0.2, 0) is 17.9 Å². The Bertz CT molecular complexity index is 526. The van der Waals surface area contributed by atoms with Crippen LogP contribution in [-0.4, -0.2) is 24.6 Å². The van der Waals surface area contributed by atoms with Crippen molar-refractivity contribution in [1.29, 1.82) is 0 Å². The molecule has 1 atom stereocenters. The molecule has 1 saturated heterocycles. The Morgan fingerprint density at radius 3 is 2.29 bits per heavy atom. The van der Waals surface area contributed by atoms with E-state index in [-0.39, 0.29) is 0 Å². The number of benzene rings is 2. The summed E-state index contributed by atoms with van der Waals surface area (Å²) in [5.74, 6) is 0.678. The van der Waals surface area contributed by atoms with Crippen LogP contribution in [0.15, 0.2) is 60.7 Å². The van der Waals surface area contributed by atoms with E-state index in [2.05, 4.69) is 59.5 Å². The second-order valence-corrected chi connectivity index (χ2v) is 5.88. The Morgan fingerprint density at radius 1 is 0.905 bits per heavy atom. The zero-order valence-electron chi connectivity index (χ0n) is 12.4. The van der Waals surface area contributed by atoms with Crippen LogP contribution in [0.1, 0.15) is 17.5 Å². The van der Waals surface area contributed by atoms with E-state index in [0.717, 1.165) is 26.3 Å². The third-order valence-electron chi connectivity index (χ3n) is 4.08. The van der Waals surface area contributed by atoms with Gasteiger partial charge in [0, 0.05) is 13.1 Å². The summed E-state index contributed by atoms with van der Waals surface area (Å²) in [5.41, 5.74) is 2.67. The van der Waals surface area contributed by atoms with Crippen LogP contribution in [0.3, 0.4) is 0 Å². The van der Waals surface area contributed by atoms with E-state index in [1.807, 2.05) is 6.07 Å². The fourth-order valence-corrected chi connectivity index (χ4v) is 2.95. The van der Waals surface area contributed by atoms with Gasteiger partial charge in [-0.3, -0.25) is 4.90 Å². The Balaban J connectivity index is 1.39. The highest BCUT2D eigenvalue weighted by molar-refractivity contribution is 5.15. The van der Waals surface area contributed by atoms with Crippen LogP contribution in [0.25, 0.3) is 0 Å². The van der Waals surface area contributed by atoms with Gasteiger partial charge in [0.25, 0.3) is 0 Å². The van der Waals surface area contributed by atoms with Crippen LogP contribution in [0.5, 0.6) is 0 Å². The third kappa shape index (κ3) is 4.42. The number of likely N-dealkylation sites (tertiary alicyclic amines) is 1. The van der Waals surface area contributed by atoms with Crippen molar-refractivity contribution in [2.75, 3.05) is 19.7 Å². The van der Waals surface area contributed by atoms with Crippen molar-refractivity contribution in [1.82, 2.24) is 4.90 Å². The Morgan fingerprint density at radius 2 is 1.57 bits per heavy atom. The quantitative estimate of drug-likeness (QED) is 0.800. The summed E-state index contributed by atoms with van der Waals surface area (Å²) in [4.78, 5) is 2.53. The van der Waals surface area contributed by atoms with Gasteiger partial charge in [-0.05, 0) is 30.0 Å². The molecule has 2 aromatic carbocycles. The molecule has 0 unspecified atom stereocenters. The minimum absolute atomic E-state index is 0.678. The van der Waals surface area contributed by atoms with E-state index in [1.165, 1.54) is 24.1 Å². The highest BCUT2D eigenvalue weighted by Crippen LogP contribution is 2.19. The van der Waals surface area contributed by atoms with Gasteiger partial charge in [-0.2, -0.15) is 0 Å². The first-order valence-electron chi connectivity index (χ1n) is 7.78. The molecular weight excluding hydrogens is 258 g/mol. The van der Waals surface area contributed by atoms with Crippen molar-refractivity contribution in [2.45, 2.75) is 19.6 Å². The number of hydrogen-bond donors (Lipinski definition) is 0. The van der Waals surface area contributed by atoms with Crippen LogP contribution in [0.4, 0.5) is 0 Å². The normalized spacial score (nSPS) is 19.0. The minimum atomic E-state index is 0.678. The first-order chi connectivity index (χ1) is 10.4. The molecule has 0 aliphatic carbocycles. The Hall–Kier alpha value is -1.64. The summed E-state index contributed by atoms with van der Waals surface area (Å²) >= 11 is 0. The van der Waals surface area contributed by atoms with Gasteiger partial charge in [-0.15, -0.1) is 0 Å². The molecule has 21 heavy (non-hydrogen) atoms. The number of nitrogens with zero attached hydrogens (tertiary/aromatic N) is 1. The van der Waals surface area contributed by atoms with E-state index >= 15 is 0 Å². The maximum absolute atomic E-state index is 5.88. The van der Waals surface area contributed by atoms with E-state index in [1.54, 1.807) is 0 Å². The van der Waals surface area contributed by atoms with Gasteiger partial charge in [0.1, 0.15) is 0 Å². The molecule has 1 heterocycles. The first-order valence-corrected chi connectivity index (χ1v) is 7.78. The molecular formula is C19H23NO. The summed E-state index contributed by atoms with van der Waals surface area (Å²) < 4.78 is 5.88. The van der Waals surface area contributed by atoms with Crippen LogP contribution in [0, 0.1) is 5.92 Å². The smallest absolute Gasteiger partial charge is 0.0717 e. The molecule has 0 N–H and O–H groups in total. The van der Waals surface area contributed by atoms with E-state index < -0.39 is 0 Å². The molecule has 110 valence electrons. The lowest BCUT2D eigenvalue weighted by atomic mass is 10.1. The highest BCUT2D eigenvalue weighted by atomic mass is 16.5. The highest BCUT2D eigenvalue weighted by Gasteiger charge is 2.22. The second-order valence-electron chi connectivity index (χ2n) is 5.88. The van der Waals surface area contributed by atoms with Crippen molar-refractivity contribution in [2.24, 2.45) is 5.92 Å². The van der Waals surface area contributed by atoms with E-state index in [0.29, 0.717) is 5.92 Å². The molecule has 0 radical (unpaired) electrons. The van der Waals surface area contributed by atoms with Gasteiger partial charge in [0.2, 0.25) is 0 Å². The molecule has 1 aliphatic heterocycles. The van der Waals surface area contributed by atoms with Gasteiger partial charge < -0.3 is 4.74 Å². The zero-order valence-corrected chi connectivity index (χ0v) is 12.4. The van der Waals surface area contributed by atoms with Crippen molar-refractivity contribution >= 4 is 0 Å². The van der Waals surface area contributed by atoms with Crippen molar-refractivity contribution < 1.29 is 4.74 Å². The van der Waals surface area contributed by atoms with Crippen LogP contribution >= 0.6 is 0 Å². The zero-order chi connectivity index (χ0) is 14.3. The van der Waals surface area contributed by atoms with Gasteiger partial charge in [0.15, 0.2) is 0 Å². The van der Waals surface area contributed by atoms with Crippen molar-refractivity contribution in [3.8, 4) is 0 Å². The van der Waals surface area contributed by atoms with Crippen LogP contribution < -0.4 is 0 Å². The van der Waals surface area contributed by atoms with Crippen molar-refractivity contribution in [3.05, 3.63) is 71.8 Å². The molecule has 1 fully saturated rings. The first kappa shape index (κ1) is 14.3. The molecule has 3 rings (SSSR count). The largest absolute Gasteiger partial charge is 0.376 e. The lowest BCUT2D eigenvalue weighted by molar-refractivity contribution is 0.0885. The van der Waals surface area contributed by atoms with Gasteiger partial charge >= 0.3 is 0 Å². The number of hydrogen-bond acceptors (Lipinski definition) is 2. The van der Waals surface area contributed by atoms with E-state index in [9.17, 15) is 0 Å². The van der Waals surface area contributed by atoms with Gasteiger partial charge in [-0.25, -0.2) is 0 Å². The lowest BCUT2D eigenvalue weighted by Crippen LogP contribution is -2.21. The Kier molecular flexibility index (Phi) is 5.03. The summed E-state index contributed by atoms with van der Waals surface area (Å²) in [6, 6.07) is 21.1. The molecule has 2 nitrogen and oxygen atoms in total. The standard InChI is InChI=1S/C19H23NO/c1-3-7-17(8-4-1)13-20-12-11-19(14-20)16-21-15-18-9-5-2-6-10-18/h1-10,19H,11-16H2/t19-/m0/s1. The summed E-state index contributed by atoms with van der Waals surface area (Å²) in [7, 11) is 0. The third-order valence-corrected chi connectivity index (χ3v) is 4.08. The molecule has 0 amide bonds. The molecule has 0 spiro atoms. The number of rotatable bonds is 6. The summed E-state index contributed by atoms with van der Waals surface area (Å²) in [6.45, 7) is 5.02. The topological polar surface area (TPSA) is 12.5 Å². The molecule has 0 aromatic heterocycles. The van der Waals surface area contributed by atoms with Crippen LogP contribution in [0.2, 0.25) is 0 Å². The average Bonchev–Trinajstić information content (AvgIpc) is 2.97. The van der Waals surface area contributed by atoms with Gasteiger partial charge in [0.05, 0.1) is 13.2 Å². The molecule has 2 heteroatoms. The summed E-state index contributed by atoms with van der Waals surface area (Å²) in [5, 5.41) is 0. The van der Waals surface area contributed by atoms with Crippen molar-refractivity contribution in [3.63, 3.8) is 0 Å².